The van der Waals surface area contributed by atoms with E-state index in [0.29, 0.717) is 0 Å². The van der Waals surface area contributed by atoms with Gasteiger partial charge in [0.05, 0.1) is 11.8 Å². The molecule has 18 heavy (non-hydrogen) atoms. The van der Waals surface area contributed by atoms with E-state index in [1.54, 1.807) is 0 Å². The Balaban J connectivity index is 1.76. The average Bonchev–Trinajstić information content (AvgIpc) is 3.10. The molecule has 0 bridgehead atoms. The zero-order chi connectivity index (χ0) is 12.4. The van der Waals surface area contributed by atoms with Gasteiger partial charge in [-0.3, -0.25) is 9.85 Å². The van der Waals surface area contributed by atoms with Crippen LogP contribution in [0.15, 0.2) is 36.7 Å². The molecule has 96 valence electrons. The Morgan fingerprint density at radius 1 is 1.33 bits per heavy atom. The standard InChI is InChI=1S/C12H17N5O/c13-18-12-4-6-16(9-12)10-2-1-3-11(8-10)17-7-5-14-15-17/h1-3,5,7-8,12,14-15H,4,6,9,13H2/t12-/m1/s1. The fraction of sp³-hybridized carbons (Fsp3) is 0.333. The van der Waals surface area contributed by atoms with Gasteiger partial charge in [-0.15, -0.1) is 5.53 Å². The molecule has 1 fully saturated rings. The summed E-state index contributed by atoms with van der Waals surface area (Å²) in [5.74, 6) is 5.24. The van der Waals surface area contributed by atoms with E-state index < -0.39 is 0 Å². The number of nitrogens with one attached hydrogen (secondary N) is 2. The first-order valence-corrected chi connectivity index (χ1v) is 6.04. The SMILES string of the molecule is NO[C@@H]1CCN(c2cccc(N3C=CNN3)c2)C1. The van der Waals surface area contributed by atoms with Gasteiger partial charge >= 0.3 is 0 Å². The van der Waals surface area contributed by atoms with Gasteiger partial charge in [0.15, 0.2) is 0 Å². The minimum absolute atomic E-state index is 0.139. The smallest absolute Gasteiger partial charge is 0.0978 e. The second kappa shape index (κ2) is 4.85. The van der Waals surface area contributed by atoms with E-state index in [1.165, 1.54) is 5.69 Å². The van der Waals surface area contributed by atoms with Crippen LogP contribution in [0.5, 0.6) is 0 Å². The minimum atomic E-state index is 0.139. The molecule has 0 aromatic heterocycles. The van der Waals surface area contributed by atoms with Gasteiger partial charge in [0.1, 0.15) is 0 Å². The van der Waals surface area contributed by atoms with Crippen LogP contribution in [-0.4, -0.2) is 19.2 Å². The molecule has 6 heteroatoms. The lowest BCUT2D eigenvalue weighted by atomic mass is 10.2. The number of hydrogen-bond donors (Lipinski definition) is 3. The van der Waals surface area contributed by atoms with Crippen molar-refractivity contribution in [1.29, 1.82) is 0 Å². The summed E-state index contributed by atoms with van der Waals surface area (Å²) in [6, 6.07) is 8.36. The molecule has 1 aromatic rings. The molecule has 0 unspecified atom stereocenters. The van der Waals surface area contributed by atoms with E-state index in [4.69, 9.17) is 10.7 Å². The van der Waals surface area contributed by atoms with Crippen molar-refractivity contribution in [3.8, 4) is 0 Å². The molecule has 0 radical (unpaired) electrons. The van der Waals surface area contributed by atoms with Crippen LogP contribution in [0.25, 0.3) is 0 Å². The highest BCUT2D eigenvalue weighted by atomic mass is 16.6. The molecule has 2 heterocycles. The topological polar surface area (TPSA) is 65.8 Å². The Morgan fingerprint density at radius 2 is 2.22 bits per heavy atom. The summed E-state index contributed by atoms with van der Waals surface area (Å²) in [5, 5.41) is 1.93. The maximum Gasteiger partial charge on any atom is 0.0978 e. The predicted molar refractivity (Wildman–Crippen MR) is 70.2 cm³/mol. The summed E-state index contributed by atoms with van der Waals surface area (Å²) < 4.78 is 0. The molecule has 1 saturated heterocycles. The fourth-order valence-electron chi connectivity index (χ4n) is 2.32. The maximum atomic E-state index is 5.24. The quantitative estimate of drug-likeness (QED) is 0.674. The molecule has 0 aliphatic carbocycles. The van der Waals surface area contributed by atoms with Crippen molar-refractivity contribution in [2.45, 2.75) is 12.5 Å². The van der Waals surface area contributed by atoms with Crippen LogP contribution in [-0.2, 0) is 4.84 Å². The lowest BCUT2D eigenvalue weighted by molar-refractivity contribution is 0.0690. The fourth-order valence-corrected chi connectivity index (χ4v) is 2.32. The highest BCUT2D eigenvalue weighted by molar-refractivity contribution is 5.60. The number of anilines is 2. The van der Waals surface area contributed by atoms with Crippen LogP contribution < -0.4 is 26.8 Å². The first-order chi connectivity index (χ1) is 8.86. The number of nitrogens with zero attached hydrogens (tertiary/aromatic N) is 2. The Morgan fingerprint density at radius 3 is 2.94 bits per heavy atom. The summed E-state index contributed by atoms with van der Waals surface area (Å²) in [4.78, 5) is 7.19. The van der Waals surface area contributed by atoms with Gasteiger partial charge in [-0.05, 0) is 24.6 Å². The van der Waals surface area contributed by atoms with Crippen molar-refractivity contribution in [2.75, 3.05) is 23.0 Å². The molecule has 1 atom stereocenters. The Kier molecular flexibility index (Phi) is 3.06. The van der Waals surface area contributed by atoms with Crippen molar-refractivity contribution < 1.29 is 4.84 Å². The summed E-state index contributed by atoms with van der Waals surface area (Å²) in [6.07, 6.45) is 4.90. The molecule has 4 N–H and O–H groups in total. The normalized spacial score (nSPS) is 22.6. The van der Waals surface area contributed by atoms with E-state index in [2.05, 4.69) is 40.1 Å². The summed E-state index contributed by atoms with van der Waals surface area (Å²) in [6.45, 7) is 1.83. The molecule has 2 aliphatic heterocycles. The first-order valence-electron chi connectivity index (χ1n) is 6.04. The zero-order valence-corrected chi connectivity index (χ0v) is 10.0. The largest absolute Gasteiger partial charge is 0.369 e. The van der Waals surface area contributed by atoms with Gasteiger partial charge in [0, 0.05) is 31.2 Å². The molecule has 0 spiro atoms. The van der Waals surface area contributed by atoms with Gasteiger partial charge in [-0.2, -0.15) is 0 Å². The number of benzene rings is 1. The second-order valence-corrected chi connectivity index (χ2v) is 4.45. The molecule has 0 amide bonds. The van der Waals surface area contributed by atoms with Crippen LogP contribution in [0.2, 0.25) is 0 Å². The predicted octanol–water partition coefficient (Wildman–Crippen LogP) is 0.456. The van der Waals surface area contributed by atoms with Gasteiger partial charge in [0.25, 0.3) is 0 Å². The number of rotatable bonds is 3. The van der Waals surface area contributed by atoms with Crippen molar-refractivity contribution in [2.24, 2.45) is 5.90 Å². The summed E-state index contributed by atoms with van der Waals surface area (Å²) in [7, 11) is 0. The summed E-state index contributed by atoms with van der Waals surface area (Å²) in [5.41, 5.74) is 8.22. The van der Waals surface area contributed by atoms with Gasteiger partial charge in [-0.1, -0.05) is 6.07 Å². The minimum Gasteiger partial charge on any atom is -0.369 e. The van der Waals surface area contributed by atoms with Gasteiger partial charge in [-0.25, -0.2) is 5.90 Å². The highest BCUT2D eigenvalue weighted by Gasteiger charge is 2.23. The Labute approximate surface area is 106 Å². The lowest BCUT2D eigenvalue weighted by Gasteiger charge is -2.21. The van der Waals surface area contributed by atoms with Crippen LogP contribution in [0.4, 0.5) is 11.4 Å². The zero-order valence-electron chi connectivity index (χ0n) is 10.0. The van der Waals surface area contributed by atoms with Crippen molar-refractivity contribution in [3.63, 3.8) is 0 Å². The highest BCUT2D eigenvalue weighted by Crippen LogP contribution is 2.25. The first kappa shape index (κ1) is 11.3. The molecular weight excluding hydrogens is 230 g/mol. The summed E-state index contributed by atoms with van der Waals surface area (Å²) >= 11 is 0. The van der Waals surface area contributed by atoms with E-state index in [1.807, 2.05) is 17.4 Å². The maximum absolute atomic E-state index is 5.24. The lowest BCUT2D eigenvalue weighted by Crippen LogP contribution is -2.35. The number of hydrogen-bond acceptors (Lipinski definition) is 6. The molecular formula is C12H17N5O. The second-order valence-electron chi connectivity index (χ2n) is 4.45. The molecule has 1 aromatic carbocycles. The number of nitrogens with two attached hydrogens (primary N) is 1. The van der Waals surface area contributed by atoms with Crippen LogP contribution in [0, 0.1) is 0 Å². The van der Waals surface area contributed by atoms with Crippen LogP contribution in [0.1, 0.15) is 6.42 Å². The van der Waals surface area contributed by atoms with E-state index >= 15 is 0 Å². The Bertz CT molecular complexity index is 450. The average molecular weight is 247 g/mol. The Hall–Kier alpha value is -1.76. The van der Waals surface area contributed by atoms with E-state index in [-0.39, 0.29) is 6.10 Å². The van der Waals surface area contributed by atoms with Crippen molar-refractivity contribution in [1.82, 2.24) is 11.0 Å². The molecule has 6 nitrogen and oxygen atoms in total. The van der Waals surface area contributed by atoms with Crippen molar-refractivity contribution >= 4 is 11.4 Å². The third kappa shape index (κ3) is 2.13. The van der Waals surface area contributed by atoms with Crippen molar-refractivity contribution in [3.05, 3.63) is 36.7 Å². The molecule has 0 saturated carbocycles. The van der Waals surface area contributed by atoms with Gasteiger partial charge in [0.2, 0.25) is 0 Å². The number of hydrazine groups is 2. The van der Waals surface area contributed by atoms with Gasteiger partial charge < -0.3 is 10.3 Å². The monoisotopic (exact) mass is 247 g/mol. The van der Waals surface area contributed by atoms with E-state index in [0.717, 1.165) is 25.2 Å². The molecule has 3 rings (SSSR count). The molecule has 2 aliphatic rings. The third-order valence-electron chi connectivity index (χ3n) is 3.30. The van der Waals surface area contributed by atoms with E-state index in [9.17, 15) is 0 Å². The van der Waals surface area contributed by atoms with Crippen LogP contribution in [0.3, 0.4) is 0 Å². The third-order valence-corrected chi connectivity index (χ3v) is 3.30. The van der Waals surface area contributed by atoms with Crippen LogP contribution >= 0.6 is 0 Å².